The summed E-state index contributed by atoms with van der Waals surface area (Å²) in [5.74, 6) is -0.269. The molecule has 4 nitrogen and oxygen atoms in total. The summed E-state index contributed by atoms with van der Waals surface area (Å²) in [6.07, 6.45) is 2.88. The van der Waals surface area contributed by atoms with Gasteiger partial charge in [0.05, 0.1) is 22.4 Å². The Labute approximate surface area is 156 Å². The number of hydrogen-bond donors (Lipinski definition) is 2. The summed E-state index contributed by atoms with van der Waals surface area (Å²) in [7, 11) is 2.44. The predicted molar refractivity (Wildman–Crippen MR) is 108 cm³/mol. The van der Waals surface area contributed by atoms with Gasteiger partial charge in [-0.2, -0.15) is 0 Å². The van der Waals surface area contributed by atoms with Crippen molar-refractivity contribution >= 4 is 43.3 Å². The molecule has 3 rings (SSSR count). The highest BCUT2D eigenvalue weighted by Gasteiger charge is 2.13. The lowest BCUT2D eigenvalue weighted by atomic mass is 10.0. The van der Waals surface area contributed by atoms with Crippen LogP contribution in [0.1, 0.15) is 16.8 Å². The van der Waals surface area contributed by atoms with Crippen molar-refractivity contribution in [2.75, 3.05) is 0 Å². The van der Waals surface area contributed by atoms with E-state index in [9.17, 15) is 8.78 Å². The van der Waals surface area contributed by atoms with Gasteiger partial charge in [-0.3, -0.25) is 10.4 Å². The van der Waals surface area contributed by atoms with Crippen LogP contribution in [0.3, 0.4) is 0 Å². The van der Waals surface area contributed by atoms with Gasteiger partial charge in [-0.15, -0.1) is 9.24 Å². The standard InChI is InChI=1S/C20H15F2N4P/c1-11(20(24)12-2-3-15(21)16(22)6-12)17-4-5-18-19(26-17)7-13(9-25-18)14(8-23)10-27/h2-10,23-24H,1,27H2/b14-10+,23-8?,24-20?. The third-order valence-electron chi connectivity index (χ3n) is 4.02. The van der Waals surface area contributed by atoms with E-state index in [0.717, 1.165) is 17.7 Å². The lowest BCUT2D eigenvalue weighted by molar-refractivity contribution is 0.508. The number of nitrogens with zero attached hydrogens (tertiary/aromatic N) is 2. The SMILES string of the molecule is C=C(C(=N)c1ccc(F)c(F)c1)c1ccc2ncc(/C(C=N)=C/P)cc2n1. The minimum atomic E-state index is -1.02. The van der Waals surface area contributed by atoms with Gasteiger partial charge in [0.25, 0.3) is 0 Å². The maximum atomic E-state index is 13.5. The molecule has 0 aliphatic carbocycles. The smallest absolute Gasteiger partial charge is 0.159 e. The van der Waals surface area contributed by atoms with E-state index in [0.29, 0.717) is 22.3 Å². The third kappa shape index (κ3) is 3.71. The number of halogens is 2. The fourth-order valence-corrected chi connectivity index (χ4v) is 2.80. The number of fused-ring (bicyclic) bond motifs is 1. The zero-order chi connectivity index (χ0) is 19.6. The summed E-state index contributed by atoms with van der Waals surface area (Å²) in [6.45, 7) is 3.88. The van der Waals surface area contributed by atoms with Gasteiger partial charge in [0.1, 0.15) is 0 Å². The Hall–Kier alpha value is -3.11. The summed E-state index contributed by atoms with van der Waals surface area (Å²) < 4.78 is 26.6. The normalized spacial score (nSPS) is 11.4. The van der Waals surface area contributed by atoms with E-state index in [-0.39, 0.29) is 16.8 Å². The molecular formula is C20H15F2N4P. The summed E-state index contributed by atoms with van der Waals surface area (Å²) >= 11 is 0. The Balaban J connectivity index is 2.00. The molecule has 0 aliphatic heterocycles. The largest absolute Gasteiger partial charge is 0.308 e. The number of pyridine rings is 2. The van der Waals surface area contributed by atoms with E-state index < -0.39 is 11.6 Å². The molecule has 27 heavy (non-hydrogen) atoms. The molecule has 0 saturated heterocycles. The number of hydrogen-bond acceptors (Lipinski definition) is 4. The van der Waals surface area contributed by atoms with E-state index in [1.807, 2.05) is 0 Å². The summed E-state index contributed by atoms with van der Waals surface area (Å²) in [4.78, 5) is 8.83. The van der Waals surface area contributed by atoms with Gasteiger partial charge in [0, 0.05) is 34.7 Å². The van der Waals surface area contributed by atoms with Crippen molar-refractivity contribution in [1.82, 2.24) is 9.97 Å². The van der Waals surface area contributed by atoms with Crippen molar-refractivity contribution in [1.29, 1.82) is 10.8 Å². The van der Waals surface area contributed by atoms with E-state index in [1.165, 1.54) is 12.3 Å². The lowest BCUT2D eigenvalue weighted by Crippen LogP contribution is -2.05. The highest BCUT2D eigenvalue weighted by atomic mass is 31.0. The summed E-state index contributed by atoms with van der Waals surface area (Å²) in [5, 5.41) is 15.7. The second-order valence-electron chi connectivity index (χ2n) is 5.71. The summed E-state index contributed by atoms with van der Waals surface area (Å²) in [5.41, 5.74) is 3.52. The van der Waals surface area contributed by atoms with Crippen LogP contribution in [0.15, 0.2) is 55.0 Å². The van der Waals surface area contributed by atoms with Crippen molar-refractivity contribution in [2.24, 2.45) is 0 Å². The highest BCUT2D eigenvalue weighted by Crippen LogP contribution is 2.22. The van der Waals surface area contributed by atoms with Crippen LogP contribution < -0.4 is 0 Å². The van der Waals surface area contributed by atoms with E-state index in [4.69, 9.17) is 10.8 Å². The van der Waals surface area contributed by atoms with Gasteiger partial charge in [0.15, 0.2) is 11.6 Å². The van der Waals surface area contributed by atoms with Crippen LogP contribution in [0.5, 0.6) is 0 Å². The minimum Gasteiger partial charge on any atom is -0.308 e. The van der Waals surface area contributed by atoms with Crippen LogP contribution in [-0.4, -0.2) is 21.9 Å². The first-order valence-corrected chi connectivity index (χ1v) is 8.54. The quantitative estimate of drug-likeness (QED) is 0.490. The monoisotopic (exact) mass is 380 g/mol. The molecule has 0 radical (unpaired) electrons. The second kappa shape index (κ2) is 7.64. The minimum absolute atomic E-state index is 0.0464. The van der Waals surface area contributed by atoms with Gasteiger partial charge in [-0.25, -0.2) is 13.8 Å². The van der Waals surface area contributed by atoms with E-state index >= 15 is 0 Å². The maximum absolute atomic E-state index is 13.5. The number of nitrogens with one attached hydrogen (secondary N) is 2. The van der Waals surface area contributed by atoms with Crippen molar-refractivity contribution in [3.05, 3.63) is 83.4 Å². The van der Waals surface area contributed by atoms with Crippen LogP contribution in [0, 0.1) is 22.5 Å². The van der Waals surface area contributed by atoms with Crippen LogP contribution in [0.25, 0.3) is 22.2 Å². The van der Waals surface area contributed by atoms with Gasteiger partial charge >= 0.3 is 0 Å². The van der Waals surface area contributed by atoms with Gasteiger partial charge in [-0.1, -0.05) is 12.4 Å². The molecular weight excluding hydrogens is 365 g/mol. The molecule has 3 aromatic rings. The summed E-state index contributed by atoms with van der Waals surface area (Å²) in [6, 6.07) is 8.48. The topological polar surface area (TPSA) is 73.5 Å². The second-order valence-corrected chi connectivity index (χ2v) is 6.04. The molecule has 0 saturated carbocycles. The molecule has 0 aliphatic rings. The Morgan fingerprint density at radius 1 is 1.04 bits per heavy atom. The first kappa shape index (κ1) is 18.7. The Kier molecular flexibility index (Phi) is 5.28. The number of benzene rings is 1. The molecule has 1 unspecified atom stereocenters. The molecule has 7 heteroatoms. The van der Waals surface area contributed by atoms with Gasteiger partial charge in [-0.05, 0) is 36.4 Å². The number of aromatic nitrogens is 2. The van der Waals surface area contributed by atoms with Gasteiger partial charge < -0.3 is 5.41 Å². The average Bonchev–Trinajstić information content (AvgIpc) is 2.69. The fraction of sp³-hybridized carbons (Fsp3) is 0. The molecule has 2 heterocycles. The van der Waals surface area contributed by atoms with Crippen LogP contribution in [0.4, 0.5) is 8.78 Å². The van der Waals surface area contributed by atoms with Crippen molar-refractivity contribution in [2.45, 2.75) is 0 Å². The Morgan fingerprint density at radius 2 is 1.81 bits per heavy atom. The number of rotatable bonds is 5. The zero-order valence-electron chi connectivity index (χ0n) is 14.1. The first-order valence-electron chi connectivity index (χ1n) is 7.87. The fourth-order valence-electron chi connectivity index (χ4n) is 2.51. The molecule has 0 bridgehead atoms. The third-order valence-corrected chi connectivity index (χ3v) is 4.38. The molecule has 2 N–H and O–H groups in total. The molecule has 0 amide bonds. The average molecular weight is 380 g/mol. The highest BCUT2D eigenvalue weighted by molar-refractivity contribution is 7.21. The Bertz CT molecular complexity index is 1120. The zero-order valence-corrected chi connectivity index (χ0v) is 15.3. The van der Waals surface area contributed by atoms with Crippen LogP contribution >= 0.6 is 9.24 Å². The van der Waals surface area contributed by atoms with Crippen molar-refractivity contribution in [3.63, 3.8) is 0 Å². The molecule has 2 aromatic heterocycles. The first-order chi connectivity index (χ1) is 12.9. The van der Waals surface area contributed by atoms with Crippen LogP contribution in [0.2, 0.25) is 0 Å². The van der Waals surface area contributed by atoms with Crippen molar-refractivity contribution in [3.8, 4) is 0 Å². The van der Waals surface area contributed by atoms with Crippen molar-refractivity contribution < 1.29 is 8.78 Å². The molecule has 1 atom stereocenters. The molecule has 0 fully saturated rings. The molecule has 0 spiro atoms. The Morgan fingerprint density at radius 3 is 2.48 bits per heavy atom. The van der Waals surface area contributed by atoms with Gasteiger partial charge in [0.2, 0.25) is 0 Å². The predicted octanol–water partition coefficient (Wildman–Crippen LogP) is 4.85. The molecule has 1 aromatic carbocycles. The van der Waals surface area contributed by atoms with Crippen LogP contribution in [-0.2, 0) is 0 Å². The van der Waals surface area contributed by atoms with E-state index in [2.05, 4.69) is 25.8 Å². The lowest BCUT2D eigenvalue weighted by Gasteiger charge is -2.09. The molecule has 134 valence electrons. The maximum Gasteiger partial charge on any atom is 0.159 e. The number of allylic oxidation sites excluding steroid dienone is 2. The van der Waals surface area contributed by atoms with E-state index in [1.54, 1.807) is 30.2 Å².